The number of carbonyl (C=O) groups is 2. The number of carbonyl (C=O) groups excluding carboxylic acids is 1. The lowest BCUT2D eigenvalue weighted by Crippen LogP contribution is -2.49. The molecule has 1 saturated heterocycles. The molecule has 0 aliphatic carbocycles. The number of hydrogen-bond acceptors (Lipinski definition) is 3. The van der Waals surface area contributed by atoms with Crippen molar-refractivity contribution in [2.24, 2.45) is 5.92 Å². The summed E-state index contributed by atoms with van der Waals surface area (Å²) in [4.78, 5) is 24.9. The number of halogens is 1. The molecule has 1 amide bonds. The van der Waals surface area contributed by atoms with Crippen molar-refractivity contribution in [2.75, 3.05) is 18.4 Å². The zero-order valence-electron chi connectivity index (χ0n) is 11.9. The molecule has 1 fully saturated rings. The molecule has 2 atom stereocenters. The number of nitrogens with zero attached hydrogens (tertiary/aromatic N) is 1. The molecule has 1 aliphatic rings. The van der Waals surface area contributed by atoms with Gasteiger partial charge in [-0.1, -0.05) is 19.1 Å². The number of likely N-dealkylation sites (tertiary alicyclic amines) is 1. The summed E-state index contributed by atoms with van der Waals surface area (Å²) in [5, 5.41) is 11.7. The quantitative estimate of drug-likeness (QED) is 0.890. The summed E-state index contributed by atoms with van der Waals surface area (Å²) < 4.78 is 13.5. The van der Waals surface area contributed by atoms with Gasteiger partial charge in [-0.2, -0.15) is 0 Å². The largest absolute Gasteiger partial charge is 0.480 e. The lowest BCUT2D eigenvalue weighted by atomic mass is 9.92. The average molecular weight is 294 g/mol. The minimum absolute atomic E-state index is 0.0436. The van der Waals surface area contributed by atoms with E-state index >= 15 is 0 Å². The number of para-hydroxylation sites is 1. The first-order chi connectivity index (χ1) is 9.97. The van der Waals surface area contributed by atoms with Crippen LogP contribution in [0.25, 0.3) is 0 Å². The number of carboxylic acids is 1. The summed E-state index contributed by atoms with van der Waals surface area (Å²) in [7, 11) is 0. The minimum atomic E-state index is -0.916. The van der Waals surface area contributed by atoms with E-state index in [0.29, 0.717) is 18.9 Å². The summed E-state index contributed by atoms with van der Waals surface area (Å²) in [6.07, 6.45) is 1.39. The topological polar surface area (TPSA) is 69.6 Å². The second-order valence-corrected chi connectivity index (χ2v) is 5.48. The highest BCUT2D eigenvalue weighted by Gasteiger charge is 2.32. The maximum Gasteiger partial charge on any atom is 0.320 e. The molecule has 6 heteroatoms. The van der Waals surface area contributed by atoms with Gasteiger partial charge in [-0.15, -0.1) is 0 Å². The molecule has 2 rings (SSSR count). The molecule has 0 spiro atoms. The van der Waals surface area contributed by atoms with Gasteiger partial charge in [-0.3, -0.25) is 14.5 Å². The van der Waals surface area contributed by atoms with Crippen molar-refractivity contribution in [3.05, 3.63) is 30.1 Å². The third-order valence-electron chi connectivity index (χ3n) is 3.76. The number of aliphatic carboxylic acids is 1. The highest BCUT2D eigenvalue weighted by Crippen LogP contribution is 2.22. The second-order valence-electron chi connectivity index (χ2n) is 5.48. The first-order valence-electron chi connectivity index (χ1n) is 6.98. The van der Waals surface area contributed by atoms with Gasteiger partial charge in [-0.25, -0.2) is 4.39 Å². The van der Waals surface area contributed by atoms with Gasteiger partial charge in [-0.05, 0) is 37.4 Å². The van der Waals surface area contributed by atoms with Crippen molar-refractivity contribution in [1.29, 1.82) is 0 Å². The number of anilines is 1. The normalized spacial score (nSPS) is 22.8. The number of nitrogens with one attached hydrogen (secondary N) is 1. The SMILES string of the molecule is CC1CCN(CC(=O)Nc2ccccc2F)C(C(=O)O)C1. The summed E-state index contributed by atoms with van der Waals surface area (Å²) >= 11 is 0. The zero-order valence-corrected chi connectivity index (χ0v) is 11.9. The first kappa shape index (κ1) is 15.4. The van der Waals surface area contributed by atoms with E-state index in [1.807, 2.05) is 6.92 Å². The van der Waals surface area contributed by atoms with Gasteiger partial charge in [0.05, 0.1) is 12.2 Å². The molecule has 114 valence electrons. The Morgan fingerprint density at radius 2 is 2.14 bits per heavy atom. The molecule has 0 aromatic heterocycles. The molecular formula is C15H19FN2O3. The number of benzene rings is 1. The van der Waals surface area contributed by atoms with Crippen LogP contribution in [0.1, 0.15) is 19.8 Å². The third-order valence-corrected chi connectivity index (χ3v) is 3.76. The molecule has 1 aliphatic heterocycles. The molecule has 2 unspecified atom stereocenters. The van der Waals surface area contributed by atoms with Crippen LogP contribution >= 0.6 is 0 Å². The van der Waals surface area contributed by atoms with Crippen LogP contribution in [0.4, 0.5) is 10.1 Å². The fraction of sp³-hybridized carbons (Fsp3) is 0.467. The van der Waals surface area contributed by atoms with E-state index in [1.54, 1.807) is 11.0 Å². The smallest absolute Gasteiger partial charge is 0.320 e. The molecule has 0 radical (unpaired) electrons. The fourth-order valence-electron chi connectivity index (χ4n) is 2.57. The summed E-state index contributed by atoms with van der Waals surface area (Å²) in [6.45, 7) is 2.52. The fourth-order valence-corrected chi connectivity index (χ4v) is 2.57. The number of amides is 1. The maximum atomic E-state index is 13.5. The van der Waals surface area contributed by atoms with E-state index in [2.05, 4.69) is 5.32 Å². The maximum absolute atomic E-state index is 13.5. The first-order valence-corrected chi connectivity index (χ1v) is 6.98. The molecule has 0 bridgehead atoms. The Kier molecular flexibility index (Phi) is 4.90. The molecule has 2 N–H and O–H groups in total. The van der Waals surface area contributed by atoms with Gasteiger partial charge in [0.25, 0.3) is 0 Å². The standard InChI is InChI=1S/C15H19FN2O3/c1-10-6-7-18(13(8-10)15(20)21)9-14(19)17-12-5-3-2-4-11(12)16/h2-5,10,13H,6-9H2,1H3,(H,17,19)(H,20,21). The van der Waals surface area contributed by atoms with Gasteiger partial charge < -0.3 is 10.4 Å². The Balaban J connectivity index is 1.98. The van der Waals surface area contributed by atoms with E-state index < -0.39 is 23.7 Å². The monoisotopic (exact) mass is 294 g/mol. The second kappa shape index (κ2) is 6.67. The molecule has 5 nitrogen and oxygen atoms in total. The van der Waals surface area contributed by atoms with Gasteiger partial charge in [0.1, 0.15) is 11.9 Å². The minimum Gasteiger partial charge on any atom is -0.480 e. The third kappa shape index (κ3) is 4.01. The highest BCUT2D eigenvalue weighted by atomic mass is 19.1. The van der Waals surface area contributed by atoms with Crippen LogP contribution in [-0.2, 0) is 9.59 Å². The molecule has 1 heterocycles. The van der Waals surface area contributed by atoms with E-state index in [9.17, 15) is 19.1 Å². The predicted molar refractivity (Wildman–Crippen MR) is 76.4 cm³/mol. The summed E-state index contributed by atoms with van der Waals surface area (Å²) in [5.41, 5.74) is 0.111. The van der Waals surface area contributed by atoms with Crippen molar-refractivity contribution in [3.63, 3.8) is 0 Å². The molecule has 0 saturated carbocycles. The number of carboxylic acid groups (broad SMARTS) is 1. The van der Waals surface area contributed by atoms with E-state index in [0.717, 1.165) is 6.42 Å². The van der Waals surface area contributed by atoms with Gasteiger partial charge >= 0.3 is 5.97 Å². The lowest BCUT2D eigenvalue weighted by molar-refractivity contribution is -0.145. The summed E-state index contributed by atoms with van der Waals surface area (Å²) in [5.74, 6) is -1.49. The van der Waals surface area contributed by atoms with Gasteiger partial charge in [0.15, 0.2) is 0 Å². The number of hydrogen-bond donors (Lipinski definition) is 2. The van der Waals surface area contributed by atoms with E-state index in [4.69, 9.17) is 0 Å². The van der Waals surface area contributed by atoms with Crippen LogP contribution < -0.4 is 5.32 Å². The van der Waals surface area contributed by atoms with Gasteiger partial charge in [0, 0.05) is 0 Å². The zero-order chi connectivity index (χ0) is 15.4. The Morgan fingerprint density at radius 1 is 1.43 bits per heavy atom. The Morgan fingerprint density at radius 3 is 2.81 bits per heavy atom. The van der Waals surface area contributed by atoms with Gasteiger partial charge in [0.2, 0.25) is 5.91 Å². The Bertz CT molecular complexity index is 535. The van der Waals surface area contributed by atoms with Crippen LogP contribution in [0.3, 0.4) is 0 Å². The van der Waals surface area contributed by atoms with E-state index in [-0.39, 0.29) is 12.2 Å². The van der Waals surface area contributed by atoms with Crippen LogP contribution in [0.5, 0.6) is 0 Å². The average Bonchev–Trinajstić information content (AvgIpc) is 2.43. The van der Waals surface area contributed by atoms with Crippen molar-refractivity contribution in [1.82, 2.24) is 4.90 Å². The predicted octanol–water partition coefficient (Wildman–Crippen LogP) is 1.95. The number of rotatable bonds is 4. The Labute approximate surface area is 122 Å². The van der Waals surface area contributed by atoms with Crippen LogP contribution in [0, 0.1) is 11.7 Å². The highest BCUT2D eigenvalue weighted by molar-refractivity contribution is 5.92. The Hall–Kier alpha value is -1.95. The lowest BCUT2D eigenvalue weighted by Gasteiger charge is -2.35. The van der Waals surface area contributed by atoms with Crippen LogP contribution in [0.2, 0.25) is 0 Å². The molecule has 1 aromatic rings. The molecule has 1 aromatic carbocycles. The van der Waals surface area contributed by atoms with Crippen LogP contribution in [-0.4, -0.2) is 41.0 Å². The summed E-state index contributed by atoms with van der Waals surface area (Å²) in [6, 6.07) is 5.25. The number of piperidine rings is 1. The molecule has 21 heavy (non-hydrogen) atoms. The van der Waals surface area contributed by atoms with E-state index in [1.165, 1.54) is 18.2 Å². The molecular weight excluding hydrogens is 275 g/mol. The van der Waals surface area contributed by atoms with Crippen molar-refractivity contribution in [2.45, 2.75) is 25.8 Å². The van der Waals surface area contributed by atoms with Crippen molar-refractivity contribution < 1.29 is 19.1 Å². The van der Waals surface area contributed by atoms with Crippen LogP contribution in [0.15, 0.2) is 24.3 Å². The van der Waals surface area contributed by atoms with Crippen molar-refractivity contribution in [3.8, 4) is 0 Å². The van der Waals surface area contributed by atoms with Crippen molar-refractivity contribution >= 4 is 17.6 Å².